The molecule has 0 fully saturated rings. The van der Waals surface area contributed by atoms with Crippen LogP contribution in [-0.4, -0.2) is 16.1 Å². The Morgan fingerprint density at radius 2 is 1.89 bits per heavy atom. The minimum atomic E-state index is -0.0840. The van der Waals surface area contributed by atoms with E-state index in [-0.39, 0.29) is 5.91 Å². The Morgan fingerprint density at radius 3 is 2.44 bits per heavy atom. The average Bonchev–Trinajstić information content (AvgIpc) is 2.68. The Balaban J connectivity index is 2.03. The van der Waals surface area contributed by atoms with Gasteiger partial charge in [0.15, 0.2) is 0 Å². The summed E-state index contributed by atoms with van der Waals surface area (Å²) in [7, 11) is 0. The number of hydrogen-bond acceptors (Lipinski definition) is 2. The molecule has 4 heteroatoms. The zero-order chi connectivity index (χ0) is 13.1. The predicted molar refractivity (Wildman–Crippen MR) is 70.4 cm³/mol. The molecule has 0 aliphatic carbocycles. The van der Waals surface area contributed by atoms with E-state index in [1.807, 2.05) is 45.0 Å². The van der Waals surface area contributed by atoms with E-state index >= 15 is 0 Å². The summed E-state index contributed by atoms with van der Waals surface area (Å²) >= 11 is 0. The molecule has 1 amide bonds. The van der Waals surface area contributed by atoms with E-state index in [2.05, 4.69) is 15.5 Å². The Kier molecular flexibility index (Phi) is 3.46. The lowest BCUT2D eigenvalue weighted by Gasteiger charge is -2.05. The fourth-order valence-electron chi connectivity index (χ4n) is 1.86. The zero-order valence-electron chi connectivity index (χ0n) is 10.9. The molecule has 0 aliphatic heterocycles. The third kappa shape index (κ3) is 2.59. The van der Waals surface area contributed by atoms with Crippen molar-refractivity contribution in [1.29, 1.82) is 0 Å². The number of nitrogens with one attached hydrogen (secondary N) is 2. The van der Waals surface area contributed by atoms with Crippen LogP contribution in [0.1, 0.15) is 32.9 Å². The number of aryl methyl sites for hydroxylation is 3. The van der Waals surface area contributed by atoms with Crippen LogP contribution in [0.3, 0.4) is 0 Å². The van der Waals surface area contributed by atoms with Crippen LogP contribution in [-0.2, 0) is 6.54 Å². The molecule has 4 nitrogen and oxygen atoms in total. The zero-order valence-corrected chi connectivity index (χ0v) is 10.9. The van der Waals surface area contributed by atoms with Gasteiger partial charge in [-0.15, -0.1) is 0 Å². The highest BCUT2D eigenvalue weighted by Crippen LogP contribution is 2.09. The third-order valence-electron chi connectivity index (χ3n) is 2.93. The van der Waals surface area contributed by atoms with E-state index in [9.17, 15) is 4.79 Å². The van der Waals surface area contributed by atoms with Gasteiger partial charge in [-0.3, -0.25) is 9.89 Å². The monoisotopic (exact) mass is 243 g/mol. The molecule has 0 atom stereocenters. The minimum Gasteiger partial charge on any atom is -0.348 e. The number of benzene rings is 1. The summed E-state index contributed by atoms with van der Waals surface area (Å²) in [6, 6.07) is 8.11. The van der Waals surface area contributed by atoms with Gasteiger partial charge in [0.1, 0.15) is 0 Å². The smallest absolute Gasteiger partial charge is 0.255 e. The van der Waals surface area contributed by atoms with Gasteiger partial charge in [0, 0.05) is 12.2 Å². The normalized spacial score (nSPS) is 10.4. The molecule has 0 unspecified atom stereocenters. The maximum absolute atomic E-state index is 12.0. The molecule has 0 saturated heterocycles. The van der Waals surface area contributed by atoms with Crippen molar-refractivity contribution in [3.05, 3.63) is 52.3 Å². The second-order valence-corrected chi connectivity index (χ2v) is 4.48. The largest absolute Gasteiger partial charge is 0.348 e. The molecule has 0 spiro atoms. The van der Waals surface area contributed by atoms with Gasteiger partial charge < -0.3 is 5.32 Å². The molecule has 2 N–H and O–H groups in total. The number of carbonyl (C=O) groups excluding carboxylic acids is 1. The van der Waals surface area contributed by atoms with Gasteiger partial charge in [0.2, 0.25) is 0 Å². The highest BCUT2D eigenvalue weighted by molar-refractivity contribution is 5.96. The van der Waals surface area contributed by atoms with Crippen LogP contribution < -0.4 is 5.32 Å². The van der Waals surface area contributed by atoms with Gasteiger partial charge in [-0.2, -0.15) is 5.10 Å². The molecule has 1 aromatic heterocycles. The summed E-state index contributed by atoms with van der Waals surface area (Å²) in [5.41, 5.74) is 4.48. The Bertz CT molecular complexity index is 535. The molecule has 2 rings (SSSR count). The second-order valence-electron chi connectivity index (χ2n) is 4.48. The first kappa shape index (κ1) is 12.4. The molecule has 0 aliphatic rings. The number of aromatic nitrogens is 2. The van der Waals surface area contributed by atoms with Crippen molar-refractivity contribution in [1.82, 2.24) is 15.5 Å². The summed E-state index contributed by atoms with van der Waals surface area (Å²) in [5.74, 6) is -0.0840. The van der Waals surface area contributed by atoms with Gasteiger partial charge >= 0.3 is 0 Å². The van der Waals surface area contributed by atoms with Crippen molar-refractivity contribution < 1.29 is 4.79 Å². The SMILES string of the molecule is Cc1ccc(CNC(=O)c2c(C)n[nH]c2C)cc1. The summed E-state index contributed by atoms with van der Waals surface area (Å²) < 4.78 is 0. The number of amides is 1. The number of nitrogens with zero attached hydrogens (tertiary/aromatic N) is 1. The first-order chi connectivity index (χ1) is 8.58. The van der Waals surface area contributed by atoms with E-state index in [4.69, 9.17) is 0 Å². The van der Waals surface area contributed by atoms with Crippen LogP contribution in [0.4, 0.5) is 0 Å². The van der Waals surface area contributed by atoms with Crippen molar-refractivity contribution >= 4 is 5.91 Å². The molecule has 1 heterocycles. The van der Waals surface area contributed by atoms with Crippen LogP contribution in [0.15, 0.2) is 24.3 Å². The molecule has 1 aromatic carbocycles. The van der Waals surface area contributed by atoms with Gasteiger partial charge in [-0.1, -0.05) is 29.8 Å². The van der Waals surface area contributed by atoms with Gasteiger partial charge in [-0.05, 0) is 26.3 Å². The fraction of sp³-hybridized carbons (Fsp3) is 0.286. The number of rotatable bonds is 3. The Hall–Kier alpha value is -2.10. The summed E-state index contributed by atoms with van der Waals surface area (Å²) in [6.45, 7) is 6.24. The van der Waals surface area contributed by atoms with Crippen LogP contribution in [0.25, 0.3) is 0 Å². The van der Waals surface area contributed by atoms with E-state index in [0.29, 0.717) is 12.1 Å². The number of aromatic amines is 1. The van der Waals surface area contributed by atoms with Crippen molar-refractivity contribution in [3.63, 3.8) is 0 Å². The van der Waals surface area contributed by atoms with E-state index in [1.54, 1.807) is 0 Å². The quantitative estimate of drug-likeness (QED) is 0.868. The highest BCUT2D eigenvalue weighted by atomic mass is 16.1. The standard InChI is InChI=1S/C14H17N3O/c1-9-4-6-12(7-5-9)8-15-14(18)13-10(2)16-17-11(13)3/h4-7H,8H2,1-3H3,(H,15,18)(H,16,17). The third-order valence-corrected chi connectivity index (χ3v) is 2.93. The number of carbonyl (C=O) groups is 1. The van der Waals surface area contributed by atoms with Crippen LogP contribution in [0.2, 0.25) is 0 Å². The van der Waals surface area contributed by atoms with Gasteiger partial charge in [0.25, 0.3) is 5.91 Å². The van der Waals surface area contributed by atoms with Crippen LogP contribution in [0, 0.1) is 20.8 Å². The molecule has 94 valence electrons. The number of H-pyrrole nitrogens is 1. The number of hydrogen-bond donors (Lipinski definition) is 2. The van der Waals surface area contributed by atoms with E-state index in [0.717, 1.165) is 17.0 Å². The van der Waals surface area contributed by atoms with Gasteiger partial charge in [0.05, 0.1) is 11.3 Å². The Morgan fingerprint density at radius 1 is 1.22 bits per heavy atom. The van der Waals surface area contributed by atoms with Crippen molar-refractivity contribution in [2.75, 3.05) is 0 Å². The summed E-state index contributed by atoms with van der Waals surface area (Å²) in [6.07, 6.45) is 0. The molecular formula is C14H17N3O. The average molecular weight is 243 g/mol. The molecule has 0 bridgehead atoms. The Labute approximate surface area is 106 Å². The summed E-state index contributed by atoms with van der Waals surface area (Å²) in [5, 5.41) is 9.73. The fourth-order valence-corrected chi connectivity index (χ4v) is 1.86. The molecule has 2 aromatic rings. The maximum Gasteiger partial charge on any atom is 0.255 e. The highest BCUT2D eigenvalue weighted by Gasteiger charge is 2.14. The van der Waals surface area contributed by atoms with Crippen molar-refractivity contribution in [2.24, 2.45) is 0 Å². The lowest BCUT2D eigenvalue weighted by atomic mass is 10.1. The molecule has 0 saturated carbocycles. The lowest BCUT2D eigenvalue weighted by molar-refractivity contribution is 0.0950. The van der Waals surface area contributed by atoms with E-state index in [1.165, 1.54) is 5.56 Å². The van der Waals surface area contributed by atoms with E-state index < -0.39 is 0 Å². The van der Waals surface area contributed by atoms with Crippen LogP contribution >= 0.6 is 0 Å². The molecule has 18 heavy (non-hydrogen) atoms. The summed E-state index contributed by atoms with van der Waals surface area (Å²) in [4.78, 5) is 12.0. The minimum absolute atomic E-state index is 0.0840. The topological polar surface area (TPSA) is 57.8 Å². The van der Waals surface area contributed by atoms with Crippen LogP contribution in [0.5, 0.6) is 0 Å². The van der Waals surface area contributed by atoms with Gasteiger partial charge in [-0.25, -0.2) is 0 Å². The molecular weight excluding hydrogens is 226 g/mol. The van der Waals surface area contributed by atoms with Crippen molar-refractivity contribution in [2.45, 2.75) is 27.3 Å². The predicted octanol–water partition coefficient (Wildman–Crippen LogP) is 2.26. The first-order valence-corrected chi connectivity index (χ1v) is 5.93. The maximum atomic E-state index is 12.0. The second kappa shape index (κ2) is 5.04. The van der Waals surface area contributed by atoms with Crippen molar-refractivity contribution in [3.8, 4) is 0 Å². The first-order valence-electron chi connectivity index (χ1n) is 5.93. The lowest BCUT2D eigenvalue weighted by Crippen LogP contribution is -2.23. The molecule has 0 radical (unpaired) electrons.